The predicted molar refractivity (Wildman–Crippen MR) is 88.8 cm³/mol. The quantitative estimate of drug-likeness (QED) is 0.440. The van der Waals surface area contributed by atoms with E-state index in [2.05, 4.69) is 0 Å². The van der Waals surface area contributed by atoms with Crippen LogP contribution in [0.25, 0.3) is 0 Å². The standard InChI is InChI=1S/C17H16N2O5S/c1-17(16(23)24-2)7-18-14(22)11(15(18)25-8-17)19-12(20)9-5-3-4-6-10(9)13(19)21/h3-6,11,15H,7-8H2,1-2H3/t11?,15-,17?/m1/s1. The first-order valence-electron chi connectivity index (χ1n) is 7.86. The van der Waals surface area contributed by atoms with Gasteiger partial charge in [0, 0.05) is 12.3 Å². The van der Waals surface area contributed by atoms with Crippen molar-refractivity contribution < 1.29 is 23.9 Å². The van der Waals surface area contributed by atoms with E-state index in [1.807, 2.05) is 0 Å². The largest absolute Gasteiger partial charge is 0.469 e. The van der Waals surface area contributed by atoms with Gasteiger partial charge < -0.3 is 9.64 Å². The van der Waals surface area contributed by atoms with E-state index in [0.29, 0.717) is 16.9 Å². The summed E-state index contributed by atoms with van der Waals surface area (Å²) in [6.45, 7) is 1.99. The van der Waals surface area contributed by atoms with E-state index in [-0.39, 0.29) is 23.8 Å². The van der Waals surface area contributed by atoms with E-state index in [1.165, 1.54) is 18.9 Å². The number of benzene rings is 1. The molecule has 0 saturated carbocycles. The molecule has 7 nitrogen and oxygen atoms in total. The molecule has 3 aliphatic rings. The topological polar surface area (TPSA) is 84.0 Å². The average Bonchev–Trinajstić information content (AvgIpc) is 2.87. The maximum absolute atomic E-state index is 12.6. The number of carbonyl (C=O) groups excluding carboxylic acids is 4. The van der Waals surface area contributed by atoms with Crippen LogP contribution in [0.5, 0.6) is 0 Å². The highest BCUT2D eigenvalue weighted by Gasteiger charge is 2.60. The molecule has 25 heavy (non-hydrogen) atoms. The number of thioether (sulfide) groups is 1. The summed E-state index contributed by atoms with van der Waals surface area (Å²) in [6.07, 6.45) is 0. The van der Waals surface area contributed by atoms with Crippen LogP contribution in [-0.2, 0) is 14.3 Å². The second-order valence-electron chi connectivity index (χ2n) is 6.69. The number of ether oxygens (including phenoxy) is 1. The van der Waals surface area contributed by atoms with Crippen molar-refractivity contribution in [3.63, 3.8) is 0 Å². The lowest BCUT2D eigenvalue weighted by Crippen LogP contribution is -2.74. The van der Waals surface area contributed by atoms with Crippen molar-refractivity contribution in [2.75, 3.05) is 19.4 Å². The number of fused-ring (bicyclic) bond motifs is 2. The number of carbonyl (C=O) groups is 4. The molecule has 2 unspecified atom stereocenters. The Morgan fingerprint density at radius 2 is 1.80 bits per heavy atom. The normalized spacial score (nSPS) is 30.7. The third-order valence-electron chi connectivity index (χ3n) is 4.99. The van der Waals surface area contributed by atoms with E-state index in [0.717, 1.165) is 4.90 Å². The highest BCUT2D eigenvalue weighted by molar-refractivity contribution is 8.00. The number of imide groups is 1. The molecule has 3 aliphatic heterocycles. The number of nitrogens with zero attached hydrogens (tertiary/aromatic N) is 2. The third kappa shape index (κ3) is 2.06. The number of rotatable bonds is 2. The second-order valence-corrected chi connectivity index (χ2v) is 7.80. The molecule has 3 heterocycles. The molecule has 4 rings (SSSR count). The van der Waals surface area contributed by atoms with Gasteiger partial charge in [-0.1, -0.05) is 12.1 Å². The van der Waals surface area contributed by atoms with Crippen molar-refractivity contribution in [2.45, 2.75) is 18.3 Å². The summed E-state index contributed by atoms with van der Waals surface area (Å²) in [5, 5.41) is -0.313. The molecule has 3 atom stereocenters. The lowest BCUT2D eigenvalue weighted by atomic mass is 9.89. The Hall–Kier alpha value is -2.35. The SMILES string of the molecule is COC(=O)C1(C)CS[C@@H]2C(N3C(=O)c4ccccc4C3=O)C(=O)N2C1. The summed E-state index contributed by atoms with van der Waals surface area (Å²) in [5.74, 6) is -1.06. The van der Waals surface area contributed by atoms with Gasteiger partial charge >= 0.3 is 5.97 Å². The lowest BCUT2D eigenvalue weighted by Gasteiger charge is -2.54. The van der Waals surface area contributed by atoms with E-state index < -0.39 is 23.3 Å². The van der Waals surface area contributed by atoms with Crippen LogP contribution in [0, 0.1) is 5.41 Å². The first-order valence-corrected chi connectivity index (χ1v) is 8.91. The van der Waals surface area contributed by atoms with Gasteiger partial charge in [0.05, 0.1) is 23.7 Å². The number of esters is 1. The van der Waals surface area contributed by atoms with E-state index in [9.17, 15) is 19.2 Å². The van der Waals surface area contributed by atoms with Gasteiger partial charge in [-0.15, -0.1) is 11.8 Å². The smallest absolute Gasteiger partial charge is 0.314 e. The van der Waals surface area contributed by atoms with E-state index in [4.69, 9.17) is 4.74 Å². The van der Waals surface area contributed by atoms with Crippen molar-refractivity contribution in [1.82, 2.24) is 9.80 Å². The van der Waals surface area contributed by atoms with Crippen LogP contribution in [0.2, 0.25) is 0 Å². The molecule has 2 fully saturated rings. The van der Waals surface area contributed by atoms with Crippen LogP contribution in [0.4, 0.5) is 0 Å². The van der Waals surface area contributed by atoms with Crippen molar-refractivity contribution in [3.8, 4) is 0 Å². The Balaban J connectivity index is 1.58. The molecule has 0 bridgehead atoms. The zero-order valence-corrected chi connectivity index (χ0v) is 14.5. The number of hydrogen-bond acceptors (Lipinski definition) is 6. The molecule has 3 amide bonds. The molecule has 0 N–H and O–H groups in total. The zero-order chi connectivity index (χ0) is 17.9. The number of β-lactam (4-membered cyclic amide) rings is 1. The number of hydrogen-bond donors (Lipinski definition) is 0. The summed E-state index contributed by atoms with van der Waals surface area (Å²) in [6, 6.07) is 5.77. The summed E-state index contributed by atoms with van der Waals surface area (Å²) in [4.78, 5) is 52.4. The van der Waals surface area contributed by atoms with Crippen LogP contribution in [0.3, 0.4) is 0 Å². The van der Waals surface area contributed by atoms with Crippen LogP contribution in [-0.4, -0.2) is 64.3 Å². The van der Waals surface area contributed by atoms with Crippen LogP contribution < -0.4 is 0 Å². The maximum atomic E-state index is 12.6. The molecule has 0 radical (unpaired) electrons. The molecule has 1 aromatic rings. The predicted octanol–water partition coefficient (Wildman–Crippen LogP) is 0.746. The molecule has 130 valence electrons. The van der Waals surface area contributed by atoms with Gasteiger partial charge in [-0.25, -0.2) is 0 Å². The van der Waals surface area contributed by atoms with Crippen molar-refractivity contribution >= 4 is 35.5 Å². The molecule has 0 aromatic heterocycles. The summed E-state index contributed by atoms with van der Waals surface area (Å²) >= 11 is 1.40. The average molecular weight is 360 g/mol. The fraction of sp³-hybridized carbons (Fsp3) is 0.412. The lowest BCUT2D eigenvalue weighted by molar-refractivity contribution is -0.161. The van der Waals surface area contributed by atoms with E-state index >= 15 is 0 Å². The summed E-state index contributed by atoms with van der Waals surface area (Å²) in [7, 11) is 1.32. The molecule has 0 aliphatic carbocycles. The molecule has 1 aromatic carbocycles. The van der Waals surface area contributed by atoms with Gasteiger partial charge in [-0.05, 0) is 19.1 Å². The fourth-order valence-electron chi connectivity index (χ4n) is 3.61. The van der Waals surface area contributed by atoms with Gasteiger partial charge in [-0.2, -0.15) is 0 Å². The van der Waals surface area contributed by atoms with Gasteiger partial charge in [-0.3, -0.25) is 24.1 Å². The van der Waals surface area contributed by atoms with Crippen LogP contribution in [0.1, 0.15) is 27.6 Å². The number of amides is 3. The summed E-state index contributed by atoms with van der Waals surface area (Å²) < 4.78 is 4.83. The molecule has 0 spiro atoms. The van der Waals surface area contributed by atoms with Gasteiger partial charge in [0.15, 0.2) is 0 Å². The molecule has 8 heteroatoms. The zero-order valence-electron chi connectivity index (χ0n) is 13.7. The monoisotopic (exact) mass is 360 g/mol. The third-order valence-corrected chi connectivity index (χ3v) is 6.64. The molecular formula is C17H16N2O5S. The second kappa shape index (κ2) is 5.32. The minimum absolute atomic E-state index is 0.232. The maximum Gasteiger partial charge on any atom is 0.314 e. The first kappa shape index (κ1) is 16.1. The highest BCUT2D eigenvalue weighted by Crippen LogP contribution is 2.45. The van der Waals surface area contributed by atoms with Gasteiger partial charge in [0.2, 0.25) is 5.91 Å². The van der Waals surface area contributed by atoms with Crippen molar-refractivity contribution in [3.05, 3.63) is 35.4 Å². The molecular weight excluding hydrogens is 344 g/mol. The fourth-order valence-corrected chi connectivity index (χ4v) is 5.14. The minimum atomic E-state index is -0.806. The Bertz CT molecular complexity index is 790. The Labute approximate surface area is 148 Å². The van der Waals surface area contributed by atoms with E-state index in [1.54, 1.807) is 36.1 Å². The van der Waals surface area contributed by atoms with Crippen LogP contribution >= 0.6 is 11.8 Å². The van der Waals surface area contributed by atoms with Gasteiger partial charge in [0.25, 0.3) is 11.8 Å². The van der Waals surface area contributed by atoms with Gasteiger partial charge in [0.1, 0.15) is 11.4 Å². The Morgan fingerprint density at radius 3 is 2.36 bits per heavy atom. The Morgan fingerprint density at radius 1 is 1.20 bits per heavy atom. The minimum Gasteiger partial charge on any atom is -0.469 e. The first-order chi connectivity index (χ1) is 11.9. The highest BCUT2D eigenvalue weighted by atomic mass is 32.2. The summed E-state index contributed by atoms with van der Waals surface area (Å²) in [5.41, 5.74) is -0.114. The van der Waals surface area contributed by atoms with Crippen LogP contribution in [0.15, 0.2) is 24.3 Å². The number of methoxy groups -OCH3 is 1. The van der Waals surface area contributed by atoms with Crippen molar-refractivity contribution in [2.24, 2.45) is 5.41 Å². The van der Waals surface area contributed by atoms with Crippen molar-refractivity contribution in [1.29, 1.82) is 0 Å². The Kier molecular flexibility index (Phi) is 3.44. The molecule has 2 saturated heterocycles.